The third-order valence-electron chi connectivity index (χ3n) is 2.49. The Labute approximate surface area is 110 Å². The van der Waals surface area contributed by atoms with Gasteiger partial charge in [-0.05, 0) is 20.1 Å². The average molecular weight is 271 g/mol. The van der Waals surface area contributed by atoms with Crippen molar-refractivity contribution in [1.82, 2.24) is 4.98 Å². The lowest BCUT2D eigenvalue weighted by Gasteiger charge is -2.22. The third kappa shape index (κ3) is 3.76. The zero-order chi connectivity index (χ0) is 13.8. The van der Waals surface area contributed by atoms with Gasteiger partial charge in [0.05, 0.1) is 12.0 Å². The number of ether oxygens (including phenoxy) is 1. The number of nitrogens with one attached hydrogen (secondary N) is 1. The van der Waals surface area contributed by atoms with Crippen LogP contribution in [0.2, 0.25) is 0 Å². The fourth-order valence-electron chi connectivity index (χ4n) is 1.19. The van der Waals surface area contributed by atoms with Gasteiger partial charge in [0.1, 0.15) is 0 Å². The molecule has 0 aliphatic rings. The predicted molar refractivity (Wildman–Crippen MR) is 73.5 cm³/mol. The van der Waals surface area contributed by atoms with E-state index in [4.69, 9.17) is 4.74 Å². The first-order valence-corrected chi connectivity index (χ1v) is 6.60. The van der Waals surface area contributed by atoms with Gasteiger partial charge < -0.3 is 10.1 Å². The highest BCUT2D eigenvalue weighted by Crippen LogP contribution is 2.27. The minimum absolute atomic E-state index is 0.0291. The Morgan fingerprint density at radius 2 is 2.22 bits per heavy atom. The number of thioether (sulfide) groups is 1. The van der Waals surface area contributed by atoms with E-state index < -0.39 is 4.92 Å². The summed E-state index contributed by atoms with van der Waals surface area (Å²) in [5.74, 6) is 0.589. The van der Waals surface area contributed by atoms with Gasteiger partial charge >= 0.3 is 5.69 Å². The maximum absolute atomic E-state index is 10.9. The summed E-state index contributed by atoms with van der Waals surface area (Å²) >= 11 is 1.68. The second-order valence-corrected chi connectivity index (χ2v) is 5.81. The van der Waals surface area contributed by atoms with Gasteiger partial charge in [-0.25, -0.2) is 0 Å². The Kier molecular flexibility index (Phi) is 4.77. The molecule has 0 aliphatic heterocycles. The summed E-state index contributed by atoms with van der Waals surface area (Å²) in [6.07, 6.45) is 2.00. The zero-order valence-electron chi connectivity index (χ0n) is 10.9. The molecule has 0 spiro atoms. The predicted octanol–water partition coefficient (Wildman–Crippen LogP) is 2.55. The van der Waals surface area contributed by atoms with Crippen LogP contribution in [-0.4, -0.2) is 34.6 Å². The summed E-state index contributed by atoms with van der Waals surface area (Å²) in [7, 11) is 1.48. The number of pyridine rings is 1. The van der Waals surface area contributed by atoms with Crippen LogP contribution >= 0.6 is 11.8 Å². The Hall–Kier alpha value is -1.50. The van der Waals surface area contributed by atoms with E-state index >= 15 is 0 Å². The summed E-state index contributed by atoms with van der Waals surface area (Å²) in [6.45, 7) is 4.68. The van der Waals surface area contributed by atoms with Crippen molar-refractivity contribution in [3.05, 3.63) is 22.2 Å². The Morgan fingerprint density at radius 1 is 1.56 bits per heavy atom. The SMILES string of the molecule is COc1ccc([N+](=O)[O-])c(NCC(C)(C)SC)n1. The van der Waals surface area contributed by atoms with Gasteiger partial charge in [-0.3, -0.25) is 10.1 Å². The third-order valence-corrected chi connectivity index (χ3v) is 3.74. The van der Waals surface area contributed by atoms with Crippen LogP contribution in [-0.2, 0) is 0 Å². The first-order chi connectivity index (χ1) is 8.39. The molecule has 0 saturated carbocycles. The molecular formula is C11H17N3O3S. The average Bonchev–Trinajstić information content (AvgIpc) is 2.36. The van der Waals surface area contributed by atoms with Crippen molar-refractivity contribution < 1.29 is 9.66 Å². The quantitative estimate of drug-likeness (QED) is 0.633. The van der Waals surface area contributed by atoms with Crippen LogP contribution in [0.4, 0.5) is 11.5 Å². The van der Waals surface area contributed by atoms with Gasteiger partial charge in [-0.15, -0.1) is 0 Å². The lowest BCUT2D eigenvalue weighted by atomic mass is 10.2. The van der Waals surface area contributed by atoms with Crippen molar-refractivity contribution in [3.8, 4) is 5.88 Å². The van der Waals surface area contributed by atoms with Crippen LogP contribution in [0.1, 0.15) is 13.8 Å². The molecule has 0 aromatic carbocycles. The van der Waals surface area contributed by atoms with Crippen molar-refractivity contribution >= 4 is 23.3 Å². The Balaban J connectivity index is 2.94. The number of aromatic nitrogens is 1. The Bertz CT molecular complexity index is 438. The normalized spacial score (nSPS) is 11.1. The number of nitrogens with zero attached hydrogens (tertiary/aromatic N) is 2. The van der Waals surface area contributed by atoms with Crippen molar-refractivity contribution in [2.75, 3.05) is 25.2 Å². The molecule has 1 heterocycles. The van der Waals surface area contributed by atoms with Gasteiger partial charge in [-0.1, -0.05) is 0 Å². The van der Waals surface area contributed by atoms with Crippen LogP contribution in [0.3, 0.4) is 0 Å². The summed E-state index contributed by atoms with van der Waals surface area (Å²) in [6, 6.07) is 2.86. The fraction of sp³-hybridized carbons (Fsp3) is 0.545. The van der Waals surface area contributed by atoms with E-state index in [0.717, 1.165) is 0 Å². The molecule has 1 aromatic heterocycles. The highest BCUT2D eigenvalue weighted by Gasteiger charge is 2.20. The van der Waals surface area contributed by atoms with Gasteiger partial charge in [0.15, 0.2) is 0 Å². The number of anilines is 1. The van der Waals surface area contributed by atoms with Crippen molar-refractivity contribution in [2.24, 2.45) is 0 Å². The maximum Gasteiger partial charge on any atom is 0.311 e. The van der Waals surface area contributed by atoms with Crippen LogP contribution in [0.5, 0.6) is 5.88 Å². The summed E-state index contributed by atoms with van der Waals surface area (Å²) in [5, 5.41) is 13.9. The monoisotopic (exact) mass is 271 g/mol. The molecule has 0 atom stereocenters. The van der Waals surface area contributed by atoms with Gasteiger partial charge in [0.25, 0.3) is 0 Å². The highest BCUT2D eigenvalue weighted by molar-refractivity contribution is 7.99. The van der Waals surface area contributed by atoms with E-state index in [1.54, 1.807) is 11.8 Å². The number of hydrogen-bond donors (Lipinski definition) is 1. The van der Waals surface area contributed by atoms with Crippen molar-refractivity contribution in [2.45, 2.75) is 18.6 Å². The van der Waals surface area contributed by atoms with Gasteiger partial charge in [0, 0.05) is 23.4 Å². The molecule has 1 rings (SSSR count). The summed E-state index contributed by atoms with van der Waals surface area (Å²) in [5.41, 5.74) is -0.0484. The first kappa shape index (κ1) is 14.6. The van der Waals surface area contributed by atoms with E-state index in [1.807, 2.05) is 6.26 Å². The molecule has 7 heteroatoms. The second kappa shape index (κ2) is 5.90. The number of hydrogen-bond acceptors (Lipinski definition) is 6. The molecule has 0 amide bonds. The van der Waals surface area contributed by atoms with E-state index in [2.05, 4.69) is 24.1 Å². The van der Waals surface area contributed by atoms with Crippen molar-refractivity contribution in [1.29, 1.82) is 0 Å². The number of methoxy groups -OCH3 is 1. The zero-order valence-corrected chi connectivity index (χ0v) is 11.7. The molecular weight excluding hydrogens is 254 g/mol. The molecule has 1 aromatic rings. The highest BCUT2D eigenvalue weighted by atomic mass is 32.2. The fourth-order valence-corrected chi connectivity index (χ4v) is 1.41. The van der Waals surface area contributed by atoms with E-state index in [0.29, 0.717) is 12.4 Å². The molecule has 0 radical (unpaired) electrons. The molecule has 100 valence electrons. The smallest absolute Gasteiger partial charge is 0.311 e. The lowest BCUT2D eigenvalue weighted by Crippen LogP contribution is -2.26. The van der Waals surface area contributed by atoms with Crippen LogP contribution in [0.25, 0.3) is 0 Å². The molecule has 6 nitrogen and oxygen atoms in total. The largest absolute Gasteiger partial charge is 0.481 e. The van der Waals surface area contributed by atoms with Gasteiger partial charge in [0.2, 0.25) is 11.7 Å². The van der Waals surface area contributed by atoms with E-state index in [1.165, 1.54) is 19.2 Å². The first-order valence-electron chi connectivity index (χ1n) is 5.38. The number of nitro groups is 1. The lowest BCUT2D eigenvalue weighted by molar-refractivity contribution is -0.384. The molecule has 0 saturated heterocycles. The topological polar surface area (TPSA) is 77.3 Å². The maximum atomic E-state index is 10.9. The number of rotatable bonds is 6. The van der Waals surface area contributed by atoms with E-state index in [-0.39, 0.29) is 16.3 Å². The minimum atomic E-state index is -0.457. The van der Waals surface area contributed by atoms with Crippen molar-refractivity contribution in [3.63, 3.8) is 0 Å². The Morgan fingerprint density at radius 3 is 2.72 bits per heavy atom. The van der Waals surface area contributed by atoms with E-state index in [9.17, 15) is 10.1 Å². The summed E-state index contributed by atoms with van der Waals surface area (Å²) < 4.78 is 4.94. The molecule has 0 fully saturated rings. The molecule has 1 N–H and O–H groups in total. The van der Waals surface area contributed by atoms with Gasteiger partial charge in [-0.2, -0.15) is 16.7 Å². The second-order valence-electron chi connectivity index (χ2n) is 4.30. The van der Waals surface area contributed by atoms with Crippen LogP contribution in [0.15, 0.2) is 12.1 Å². The summed E-state index contributed by atoms with van der Waals surface area (Å²) in [4.78, 5) is 14.5. The minimum Gasteiger partial charge on any atom is -0.481 e. The molecule has 18 heavy (non-hydrogen) atoms. The molecule has 0 unspecified atom stereocenters. The standard InChI is InChI=1S/C11H17N3O3S/c1-11(2,18-4)7-12-10-8(14(15)16)5-6-9(13-10)17-3/h5-6H,7H2,1-4H3,(H,12,13). The molecule has 0 bridgehead atoms. The molecule has 0 aliphatic carbocycles. The van der Waals surface area contributed by atoms with Crippen LogP contribution < -0.4 is 10.1 Å². The van der Waals surface area contributed by atoms with Crippen LogP contribution in [0, 0.1) is 10.1 Å².